The normalized spacial score (nSPS) is 12.5. The van der Waals surface area contributed by atoms with E-state index in [2.05, 4.69) is 21.7 Å². The highest BCUT2D eigenvalue weighted by atomic mass is 19.1. The molecule has 0 aromatic heterocycles. The molecule has 2 aromatic rings. The molecule has 0 bridgehead atoms. The van der Waals surface area contributed by atoms with Gasteiger partial charge >= 0.3 is 0 Å². The lowest BCUT2D eigenvalue weighted by Gasteiger charge is -2.09. The Kier molecular flexibility index (Phi) is 4.14. The van der Waals surface area contributed by atoms with Crippen LogP contribution in [-0.2, 0) is 6.54 Å². The van der Waals surface area contributed by atoms with E-state index in [-0.39, 0.29) is 11.7 Å². The van der Waals surface area contributed by atoms with Crippen molar-refractivity contribution in [1.82, 2.24) is 10.6 Å². The first-order valence-corrected chi connectivity index (χ1v) is 7.14. The van der Waals surface area contributed by atoms with Crippen molar-refractivity contribution >= 4 is 11.7 Å². The molecule has 3 rings (SSSR count). The van der Waals surface area contributed by atoms with Gasteiger partial charge in [0, 0.05) is 24.2 Å². The fraction of sp³-hybridized carbons (Fsp3) is 0.176. The number of aliphatic imine (C=N–C) groups is 1. The molecule has 1 aliphatic rings. The summed E-state index contributed by atoms with van der Waals surface area (Å²) >= 11 is 0. The van der Waals surface area contributed by atoms with Crippen molar-refractivity contribution in [2.24, 2.45) is 4.99 Å². The number of benzene rings is 2. The summed E-state index contributed by atoms with van der Waals surface area (Å²) in [5.74, 6) is 0.304. The van der Waals surface area contributed by atoms with Gasteiger partial charge in [-0.1, -0.05) is 24.3 Å². The van der Waals surface area contributed by atoms with E-state index >= 15 is 0 Å². The highest BCUT2D eigenvalue weighted by Crippen LogP contribution is 2.16. The second-order valence-corrected chi connectivity index (χ2v) is 5.01. The van der Waals surface area contributed by atoms with E-state index < -0.39 is 0 Å². The molecule has 1 heterocycles. The summed E-state index contributed by atoms with van der Waals surface area (Å²) in [5.41, 5.74) is 2.78. The van der Waals surface area contributed by atoms with Crippen molar-refractivity contribution in [1.29, 1.82) is 0 Å². The van der Waals surface area contributed by atoms with Gasteiger partial charge in [-0.05, 0) is 29.8 Å². The summed E-state index contributed by atoms with van der Waals surface area (Å²) < 4.78 is 12.8. The van der Waals surface area contributed by atoms with Gasteiger partial charge < -0.3 is 10.6 Å². The standard InChI is InChI=1S/C17H16FN3O/c18-14-7-5-12(6-8-14)17(22)20-10-9-19-16-15-4-2-1-3-13(15)11-21-16/h1-8H,9-11H2,(H,19,21)(H,20,22). The largest absolute Gasteiger partial charge is 0.368 e. The van der Waals surface area contributed by atoms with Crippen LogP contribution in [0.5, 0.6) is 0 Å². The molecule has 0 unspecified atom stereocenters. The van der Waals surface area contributed by atoms with Gasteiger partial charge in [0.15, 0.2) is 0 Å². The number of rotatable bonds is 4. The van der Waals surface area contributed by atoms with E-state index in [9.17, 15) is 9.18 Å². The van der Waals surface area contributed by atoms with Crippen molar-refractivity contribution in [3.8, 4) is 0 Å². The van der Waals surface area contributed by atoms with E-state index in [4.69, 9.17) is 0 Å². The van der Waals surface area contributed by atoms with Crippen LogP contribution in [0, 0.1) is 5.82 Å². The van der Waals surface area contributed by atoms with Crippen molar-refractivity contribution in [3.05, 3.63) is 71.0 Å². The minimum Gasteiger partial charge on any atom is -0.368 e. The van der Waals surface area contributed by atoms with Gasteiger partial charge in [-0.25, -0.2) is 4.39 Å². The minimum absolute atomic E-state index is 0.212. The number of hydrogen-bond donors (Lipinski definition) is 2. The summed E-state index contributed by atoms with van der Waals surface area (Å²) in [6, 6.07) is 13.6. The number of fused-ring (bicyclic) bond motifs is 1. The molecule has 2 N–H and O–H groups in total. The summed E-state index contributed by atoms with van der Waals surface area (Å²) in [7, 11) is 0. The Bertz CT molecular complexity index is 710. The third kappa shape index (κ3) is 3.14. The van der Waals surface area contributed by atoms with Crippen LogP contribution in [0.1, 0.15) is 21.5 Å². The van der Waals surface area contributed by atoms with Crippen molar-refractivity contribution in [3.63, 3.8) is 0 Å². The highest BCUT2D eigenvalue weighted by Gasteiger charge is 2.14. The number of nitrogens with zero attached hydrogens (tertiary/aromatic N) is 1. The van der Waals surface area contributed by atoms with Gasteiger partial charge in [0.2, 0.25) is 0 Å². The molecular weight excluding hydrogens is 281 g/mol. The van der Waals surface area contributed by atoms with Crippen LogP contribution in [0.15, 0.2) is 53.5 Å². The zero-order valence-corrected chi connectivity index (χ0v) is 12.0. The van der Waals surface area contributed by atoms with Crippen LogP contribution in [-0.4, -0.2) is 24.8 Å². The molecule has 0 radical (unpaired) electrons. The van der Waals surface area contributed by atoms with Gasteiger partial charge in [0.1, 0.15) is 11.7 Å². The first-order valence-electron chi connectivity index (χ1n) is 7.14. The monoisotopic (exact) mass is 297 g/mol. The lowest BCUT2D eigenvalue weighted by atomic mass is 10.1. The Labute approximate surface area is 128 Å². The van der Waals surface area contributed by atoms with Crippen LogP contribution >= 0.6 is 0 Å². The molecule has 0 saturated carbocycles. The fourth-order valence-electron chi connectivity index (χ4n) is 2.35. The van der Waals surface area contributed by atoms with Crippen LogP contribution in [0.4, 0.5) is 4.39 Å². The summed E-state index contributed by atoms with van der Waals surface area (Å²) in [6.45, 7) is 1.75. The van der Waals surface area contributed by atoms with E-state index in [1.54, 1.807) is 0 Å². The lowest BCUT2D eigenvalue weighted by molar-refractivity contribution is 0.0954. The number of carbonyl (C=O) groups is 1. The van der Waals surface area contributed by atoms with E-state index in [0.29, 0.717) is 25.2 Å². The van der Waals surface area contributed by atoms with Crippen molar-refractivity contribution in [2.45, 2.75) is 6.54 Å². The van der Waals surface area contributed by atoms with Crippen LogP contribution in [0.2, 0.25) is 0 Å². The van der Waals surface area contributed by atoms with Gasteiger partial charge in [-0.3, -0.25) is 9.79 Å². The first-order chi connectivity index (χ1) is 10.7. The Morgan fingerprint density at radius 1 is 1.09 bits per heavy atom. The molecule has 112 valence electrons. The molecule has 0 fully saturated rings. The predicted molar refractivity (Wildman–Crippen MR) is 83.4 cm³/mol. The molecule has 4 nitrogen and oxygen atoms in total. The average Bonchev–Trinajstić information content (AvgIpc) is 2.95. The number of amidine groups is 1. The zero-order chi connectivity index (χ0) is 15.4. The number of halogens is 1. The molecule has 1 amide bonds. The number of amides is 1. The lowest BCUT2D eigenvalue weighted by Crippen LogP contribution is -2.34. The maximum Gasteiger partial charge on any atom is 0.251 e. The number of carbonyl (C=O) groups excluding carboxylic acids is 1. The second-order valence-electron chi connectivity index (χ2n) is 5.01. The summed E-state index contributed by atoms with van der Waals surface area (Å²) in [5, 5.41) is 6.02. The van der Waals surface area contributed by atoms with Gasteiger partial charge in [-0.15, -0.1) is 0 Å². The molecule has 1 aliphatic heterocycles. The highest BCUT2D eigenvalue weighted by molar-refractivity contribution is 6.02. The predicted octanol–water partition coefficient (Wildman–Crippen LogP) is 2.11. The third-order valence-electron chi connectivity index (χ3n) is 3.49. The first kappa shape index (κ1) is 14.3. The van der Waals surface area contributed by atoms with Gasteiger partial charge in [0.25, 0.3) is 5.91 Å². The van der Waals surface area contributed by atoms with Crippen LogP contribution < -0.4 is 10.6 Å². The van der Waals surface area contributed by atoms with Crippen molar-refractivity contribution < 1.29 is 9.18 Å². The van der Waals surface area contributed by atoms with Gasteiger partial charge in [-0.2, -0.15) is 0 Å². The Balaban J connectivity index is 1.47. The molecule has 0 spiro atoms. The van der Waals surface area contributed by atoms with Crippen LogP contribution in [0.3, 0.4) is 0 Å². The van der Waals surface area contributed by atoms with Crippen molar-refractivity contribution in [2.75, 3.05) is 13.1 Å². The number of hydrogen-bond acceptors (Lipinski definition) is 3. The summed E-state index contributed by atoms with van der Waals surface area (Å²) in [4.78, 5) is 16.3. The third-order valence-corrected chi connectivity index (χ3v) is 3.49. The maximum absolute atomic E-state index is 12.8. The Morgan fingerprint density at radius 3 is 2.68 bits per heavy atom. The van der Waals surface area contributed by atoms with Gasteiger partial charge in [0.05, 0.1) is 6.54 Å². The fourth-order valence-corrected chi connectivity index (χ4v) is 2.35. The molecule has 0 atom stereocenters. The quantitative estimate of drug-likeness (QED) is 0.849. The summed E-state index contributed by atoms with van der Waals surface area (Å²) in [6.07, 6.45) is 0. The zero-order valence-electron chi connectivity index (χ0n) is 12.0. The average molecular weight is 297 g/mol. The molecule has 2 aromatic carbocycles. The maximum atomic E-state index is 12.8. The second kappa shape index (κ2) is 6.39. The molecule has 0 saturated heterocycles. The minimum atomic E-state index is -0.351. The Morgan fingerprint density at radius 2 is 1.86 bits per heavy atom. The Hall–Kier alpha value is -2.69. The smallest absolute Gasteiger partial charge is 0.251 e. The molecule has 5 heteroatoms. The van der Waals surface area contributed by atoms with E-state index in [1.165, 1.54) is 29.8 Å². The molecule has 0 aliphatic carbocycles. The van der Waals surface area contributed by atoms with Crippen LogP contribution in [0.25, 0.3) is 0 Å². The molecule has 22 heavy (non-hydrogen) atoms. The van der Waals surface area contributed by atoms with E-state index in [1.807, 2.05) is 18.2 Å². The SMILES string of the molecule is O=C(NCCNC1=NCc2ccccc21)c1ccc(F)cc1. The number of nitrogens with one attached hydrogen (secondary N) is 2. The topological polar surface area (TPSA) is 53.5 Å². The van der Waals surface area contributed by atoms with E-state index in [0.717, 1.165) is 11.4 Å². The molecular formula is C17H16FN3O.